The van der Waals surface area contributed by atoms with Gasteiger partial charge in [0.25, 0.3) is 0 Å². The summed E-state index contributed by atoms with van der Waals surface area (Å²) in [5, 5.41) is 0.957. The van der Waals surface area contributed by atoms with Gasteiger partial charge in [-0.3, -0.25) is 4.79 Å². The molecule has 0 aliphatic rings. The fourth-order valence-electron chi connectivity index (χ4n) is 1.49. The van der Waals surface area contributed by atoms with E-state index < -0.39 is 5.60 Å². The monoisotopic (exact) mass is 274 g/mol. The Morgan fingerprint density at radius 2 is 1.94 bits per heavy atom. The van der Waals surface area contributed by atoms with Crippen LogP contribution in [0.2, 0.25) is 10.0 Å². The Labute approximate surface area is 112 Å². The van der Waals surface area contributed by atoms with Gasteiger partial charge in [0.1, 0.15) is 5.60 Å². The van der Waals surface area contributed by atoms with Crippen molar-refractivity contribution in [2.75, 3.05) is 6.61 Å². The van der Waals surface area contributed by atoms with Gasteiger partial charge in [-0.1, -0.05) is 29.3 Å². The zero-order valence-electron chi connectivity index (χ0n) is 10.2. The fraction of sp³-hybridized carbons (Fsp3) is 0.462. The average Bonchev–Trinajstić information content (AvgIpc) is 2.23. The summed E-state index contributed by atoms with van der Waals surface area (Å²) in [4.78, 5) is 12.0. The van der Waals surface area contributed by atoms with Crippen LogP contribution in [0.25, 0.3) is 0 Å². The van der Waals surface area contributed by atoms with Crippen molar-refractivity contribution in [1.82, 2.24) is 0 Å². The van der Waals surface area contributed by atoms with Crippen LogP contribution in [0, 0.1) is 0 Å². The van der Waals surface area contributed by atoms with Crippen LogP contribution >= 0.6 is 23.2 Å². The summed E-state index contributed by atoms with van der Waals surface area (Å²) in [5.41, 5.74) is 0.0816. The van der Waals surface area contributed by atoms with Crippen LogP contribution in [0.1, 0.15) is 26.3 Å². The van der Waals surface area contributed by atoms with Gasteiger partial charge in [0, 0.05) is 13.0 Å². The van der Waals surface area contributed by atoms with Crippen molar-refractivity contribution in [3.63, 3.8) is 0 Å². The van der Waals surface area contributed by atoms with Crippen LogP contribution in [0.5, 0.6) is 0 Å². The van der Waals surface area contributed by atoms with E-state index in [9.17, 15) is 4.79 Å². The molecular formula is C13H16Cl2O2. The van der Waals surface area contributed by atoms with Crippen molar-refractivity contribution in [3.05, 3.63) is 33.8 Å². The summed E-state index contributed by atoms with van der Waals surface area (Å²) in [6, 6.07) is 5.21. The Balaban J connectivity index is 2.77. The summed E-state index contributed by atoms with van der Waals surface area (Å²) >= 11 is 11.7. The Kier molecular flexibility index (Phi) is 4.99. The fourth-order valence-corrected chi connectivity index (χ4v) is 1.81. The molecule has 2 nitrogen and oxygen atoms in total. The highest BCUT2D eigenvalue weighted by Gasteiger charge is 2.27. The molecule has 0 aliphatic heterocycles. The van der Waals surface area contributed by atoms with E-state index in [1.165, 1.54) is 0 Å². The van der Waals surface area contributed by atoms with Crippen molar-refractivity contribution in [2.45, 2.75) is 32.8 Å². The second-order valence-corrected chi connectivity index (χ2v) is 5.11. The lowest BCUT2D eigenvalue weighted by Crippen LogP contribution is -2.36. The van der Waals surface area contributed by atoms with Crippen molar-refractivity contribution in [2.24, 2.45) is 0 Å². The lowest BCUT2D eigenvalue weighted by Gasteiger charge is -2.23. The van der Waals surface area contributed by atoms with Crippen LogP contribution in [0.4, 0.5) is 0 Å². The highest BCUT2D eigenvalue weighted by Crippen LogP contribution is 2.24. The summed E-state index contributed by atoms with van der Waals surface area (Å²) in [7, 11) is 0. The summed E-state index contributed by atoms with van der Waals surface area (Å²) in [6.07, 6.45) is 0.296. The SMILES string of the molecule is CCOC(C)(C)C(=O)Cc1ccc(Cl)c(Cl)c1. The molecular weight excluding hydrogens is 259 g/mol. The maximum absolute atomic E-state index is 12.0. The van der Waals surface area contributed by atoms with E-state index in [2.05, 4.69) is 0 Å². The van der Waals surface area contributed by atoms with Gasteiger partial charge >= 0.3 is 0 Å². The van der Waals surface area contributed by atoms with Crippen LogP contribution in [0.15, 0.2) is 18.2 Å². The first-order chi connectivity index (χ1) is 7.86. The third kappa shape index (κ3) is 3.98. The van der Waals surface area contributed by atoms with E-state index in [4.69, 9.17) is 27.9 Å². The average molecular weight is 275 g/mol. The first-order valence-corrected chi connectivity index (χ1v) is 6.23. The largest absolute Gasteiger partial charge is 0.368 e. The number of Topliss-reactive ketones (excluding diaryl/α,β-unsaturated/α-hetero) is 1. The number of ether oxygens (including phenoxy) is 1. The van der Waals surface area contributed by atoms with E-state index in [0.717, 1.165) is 5.56 Å². The normalized spacial score (nSPS) is 11.6. The number of carbonyl (C=O) groups is 1. The third-order valence-corrected chi connectivity index (χ3v) is 3.26. The first kappa shape index (κ1) is 14.5. The molecule has 0 saturated heterocycles. The van der Waals surface area contributed by atoms with Gasteiger partial charge in [-0.05, 0) is 38.5 Å². The number of hydrogen-bond acceptors (Lipinski definition) is 2. The maximum atomic E-state index is 12.0. The van der Waals surface area contributed by atoms with Gasteiger partial charge in [0.2, 0.25) is 0 Å². The van der Waals surface area contributed by atoms with Gasteiger partial charge in [-0.15, -0.1) is 0 Å². The maximum Gasteiger partial charge on any atom is 0.168 e. The van der Waals surface area contributed by atoms with Crippen LogP contribution < -0.4 is 0 Å². The molecule has 0 fully saturated rings. The topological polar surface area (TPSA) is 26.3 Å². The molecule has 1 aromatic rings. The van der Waals surface area contributed by atoms with E-state index in [1.807, 2.05) is 6.92 Å². The Morgan fingerprint density at radius 1 is 1.29 bits per heavy atom. The summed E-state index contributed by atoms with van der Waals surface area (Å²) in [6.45, 7) is 5.93. The predicted molar refractivity (Wildman–Crippen MR) is 70.9 cm³/mol. The zero-order valence-corrected chi connectivity index (χ0v) is 11.7. The van der Waals surface area contributed by atoms with E-state index in [-0.39, 0.29) is 5.78 Å². The predicted octanol–water partition coefficient (Wildman–Crippen LogP) is 3.92. The second-order valence-electron chi connectivity index (χ2n) is 4.29. The molecule has 0 N–H and O–H groups in total. The van der Waals surface area contributed by atoms with Crippen molar-refractivity contribution in [3.8, 4) is 0 Å². The Bertz CT molecular complexity index is 414. The standard InChI is InChI=1S/C13H16Cl2O2/c1-4-17-13(2,3)12(16)8-9-5-6-10(14)11(15)7-9/h5-7H,4,8H2,1-3H3. The number of halogens is 2. The molecule has 0 atom stereocenters. The summed E-state index contributed by atoms with van der Waals surface area (Å²) in [5.74, 6) is 0.0257. The first-order valence-electron chi connectivity index (χ1n) is 5.48. The van der Waals surface area contributed by atoms with Gasteiger partial charge in [-0.2, -0.15) is 0 Å². The van der Waals surface area contributed by atoms with Gasteiger partial charge < -0.3 is 4.74 Å². The number of hydrogen-bond donors (Lipinski definition) is 0. The van der Waals surface area contributed by atoms with Gasteiger partial charge in [0.05, 0.1) is 10.0 Å². The molecule has 0 unspecified atom stereocenters. The molecule has 4 heteroatoms. The lowest BCUT2D eigenvalue weighted by atomic mass is 9.97. The third-order valence-electron chi connectivity index (χ3n) is 2.53. The number of benzene rings is 1. The number of rotatable bonds is 5. The molecule has 0 spiro atoms. The number of carbonyl (C=O) groups excluding carboxylic acids is 1. The van der Waals surface area contributed by atoms with E-state index >= 15 is 0 Å². The molecule has 0 heterocycles. The van der Waals surface area contributed by atoms with Crippen LogP contribution in [0.3, 0.4) is 0 Å². The molecule has 0 amide bonds. The van der Waals surface area contributed by atoms with E-state index in [0.29, 0.717) is 23.1 Å². The molecule has 1 aromatic carbocycles. The van der Waals surface area contributed by atoms with Crippen molar-refractivity contribution in [1.29, 1.82) is 0 Å². The smallest absolute Gasteiger partial charge is 0.168 e. The number of ketones is 1. The Morgan fingerprint density at radius 3 is 2.47 bits per heavy atom. The highest BCUT2D eigenvalue weighted by molar-refractivity contribution is 6.42. The molecule has 0 aromatic heterocycles. The molecule has 94 valence electrons. The molecule has 0 radical (unpaired) electrons. The van der Waals surface area contributed by atoms with Crippen LogP contribution in [-0.4, -0.2) is 18.0 Å². The minimum atomic E-state index is -0.763. The molecule has 0 aliphatic carbocycles. The minimum absolute atomic E-state index is 0.0257. The quantitative estimate of drug-likeness (QED) is 0.814. The summed E-state index contributed by atoms with van der Waals surface area (Å²) < 4.78 is 5.41. The minimum Gasteiger partial charge on any atom is -0.368 e. The van der Waals surface area contributed by atoms with E-state index in [1.54, 1.807) is 32.0 Å². The molecule has 17 heavy (non-hydrogen) atoms. The van der Waals surface area contributed by atoms with Gasteiger partial charge in [0.15, 0.2) is 5.78 Å². The molecule has 1 rings (SSSR count). The highest BCUT2D eigenvalue weighted by atomic mass is 35.5. The van der Waals surface area contributed by atoms with Crippen LogP contribution in [-0.2, 0) is 16.0 Å². The van der Waals surface area contributed by atoms with Crippen molar-refractivity contribution >= 4 is 29.0 Å². The molecule has 0 saturated carbocycles. The van der Waals surface area contributed by atoms with Crippen molar-refractivity contribution < 1.29 is 9.53 Å². The van der Waals surface area contributed by atoms with Gasteiger partial charge in [-0.25, -0.2) is 0 Å². The lowest BCUT2D eigenvalue weighted by molar-refractivity contribution is -0.139. The second kappa shape index (κ2) is 5.85. The zero-order chi connectivity index (χ0) is 13.1. The molecule has 0 bridgehead atoms. The Hall–Kier alpha value is -0.570.